The number of aliphatic hydroxyl groups excluding tert-OH is 1. The topological polar surface area (TPSA) is 77.5 Å². The molecule has 0 bridgehead atoms. The Morgan fingerprint density at radius 3 is 2.78 bits per heavy atom. The van der Waals surface area contributed by atoms with Crippen molar-refractivity contribution in [3.05, 3.63) is 56.7 Å². The third-order valence-corrected chi connectivity index (χ3v) is 5.51. The number of aliphatic hydroxyl groups is 1. The largest absolute Gasteiger partial charge is 0.491 e. The van der Waals surface area contributed by atoms with Crippen LogP contribution in [-0.2, 0) is 19.4 Å². The van der Waals surface area contributed by atoms with E-state index in [4.69, 9.17) is 9.15 Å². The second-order valence-corrected chi connectivity index (χ2v) is 7.30. The molecule has 0 saturated carbocycles. The highest BCUT2D eigenvalue weighted by Crippen LogP contribution is 2.29. The fourth-order valence-corrected chi connectivity index (χ4v) is 3.76. The maximum Gasteiger partial charge on any atom is 0.339 e. The molecule has 27 heavy (non-hydrogen) atoms. The number of ether oxygens (including phenoxy) is 1. The van der Waals surface area contributed by atoms with Gasteiger partial charge in [-0.3, -0.25) is 4.68 Å². The van der Waals surface area contributed by atoms with Crippen molar-refractivity contribution in [3.8, 4) is 5.75 Å². The van der Waals surface area contributed by atoms with Gasteiger partial charge in [-0.05, 0) is 63.3 Å². The average molecular weight is 368 g/mol. The second kappa shape index (κ2) is 6.85. The summed E-state index contributed by atoms with van der Waals surface area (Å²) in [5.41, 5.74) is 5.37. The number of aromatic nitrogens is 2. The first-order valence-electron chi connectivity index (χ1n) is 9.34. The lowest BCUT2D eigenvalue weighted by atomic mass is 10.1. The molecule has 0 unspecified atom stereocenters. The molecule has 0 spiro atoms. The molecule has 1 N–H and O–H groups in total. The Balaban J connectivity index is 1.48. The normalized spacial score (nSPS) is 14.5. The highest BCUT2D eigenvalue weighted by atomic mass is 16.5. The zero-order valence-electron chi connectivity index (χ0n) is 15.9. The lowest BCUT2D eigenvalue weighted by molar-refractivity contribution is 0.0887. The maximum atomic E-state index is 12.1. The molecule has 2 aromatic heterocycles. The van der Waals surface area contributed by atoms with Gasteiger partial charge < -0.3 is 14.3 Å². The lowest BCUT2D eigenvalue weighted by Crippen LogP contribution is -2.24. The van der Waals surface area contributed by atoms with E-state index in [1.807, 2.05) is 32.9 Å². The Labute approximate surface area is 157 Å². The van der Waals surface area contributed by atoms with E-state index in [1.165, 1.54) is 0 Å². The van der Waals surface area contributed by atoms with E-state index in [-0.39, 0.29) is 12.2 Å². The molecule has 0 fully saturated rings. The van der Waals surface area contributed by atoms with Crippen molar-refractivity contribution in [3.63, 3.8) is 0 Å². The minimum absolute atomic E-state index is 0.137. The van der Waals surface area contributed by atoms with E-state index in [0.29, 0.717) is 17.9 Å². The zero-order chi connectivity index (χ0) is 19.1. The summed E-state index contributed by atoms with van der Waals surface area (Å²) in [7, 11) is 0. The van der Waals surface area contributed by atoms with Crippen molar-refractivity contribution in [2.75, 3.05) is 6.61 Å². The number of rotatable bonds is 5. The van der Waals surface area contributed by atoms with Crippen LogP contribution in [-0.4, -0.2) is 27.6 Å². The summed E-state index contributed by atoms with van der Waals surface area (Å²) in [4.78, 5) is 12.1. The molecule has 1 aromatic carbocycles. The predicted octanol–water partition coefficient (Wildman–Crippen LogP) is 2.84. The highest BCUT2D eigenvalue weighted by Gasteiger charge is 2.20. The highest BCUT2D eigenvalue weighted by molar-refractivity contribution is 5.83. The monoisotopic (exact) mass is 368 g/mol. The maximum absolute atomic E-state index is 12.1. The summed E-state index contributed by atoms with van der Waals surface area (Å²) < 4.78 is 13.0. The first-order chi connectivity index (χ1) is 12.9. The van der Waals surface area contributed by atoms with Gasteiger partial charge in [-0.2, -0.15) is 5.10 Å². The molecule has 6 heteroatoms. The summed E-state index contributed by atoms with van der Waals surface area (Å²) in [6.07, 6.45) is 2.02. The molecule has 142 valence electrons. The van der Waals surface area contributed by atoms with E-state index >= 15 is 0 Å². The zero-order valence-corrected chi connectivity index (χ0v) is 15.9. The van der Waals surface area contributed by atoms with Crippen molar-refractivity contribution in [2.24, 2.45) is 0 Å². The fourth-order valence-electron chi connectivity index (χ4n) is 3.76. The van der Waals surface area contributed by atoms with Crippen LogP contribution in [0.15, 0.2) is 27.4 Å². The first-order valence-corrected chi connectivity index (χ1v) is 9.34. The van der Waals surface area contributed by atoms with Crippen LogP contribution in [0, 0.1) is 20.8 Å². The van der Waals surface area contributed by atoms with Crippen LogP contribution in [0.4, 0.5) is 0 Å². The average Bonchev–Trinajstić information content (AvgIpc) is 3.22. The Bertz CT molecular complexity index is 1060. The van der Waals surface area contributed by atoms with Crippen LogP contribution in [0.25, 0.3) is 11.0 Å². The molecule has 6 nitrogen and oxygen atoms in total. The number of aryl methyl sites for hydroxylation is 2. The molecule has 3 aromatic rings. The molecule has 0 saturated heterocycles. The van der Waals surface area contributed by atoms with E-state index in [2.05, 4.69) is 5.10 Å². The number of benzene rings is 1. The van der Waals surface area contributed by atoms with Crippen molar-refractivity contribution < 1.29 is 14.3 Å². The van der Waals surface area contributed by atoms with E-state index < -0.39 is 6.10 Å². The molecular weight excluding hydrogens is 344 g/mol. The Morgan fingerprint density at radius 2 is 2.04 bits per heavy atom. The second-order valence-electron chi connectivity index (χ2n) is 7.30. The van der Waals surface area contributed by atoms with Crippen LogP contribution in [0.5, 0.6) is 5.75 Å². The minimum atomic E-state index is -0.690. The molecule has 2 heterocycles. The van der Waals surface area contributed by atoms with Crippen LogP contribution in [0.3, 0.4) is 0 Å². The molecule has 1 aliphatic rings. The standard InChI is InChI=1S/C21H24N2O4/c1-12-13(2)22-23(14(12)3)10-15(24)11-26-16-7-8-18-17-5-4-6-19(17)21(25)27-20(18)9-16/h7-9,15,24H,4-6,10-11H2,1-3H3/t15-/m1/s1. The first kappa shape index (κ1) is 17.8. The van der Waals surface area contributed by atoms with Crippen LogP contribution >= 0.6 is 0 Å². The van der Waals surface area contributed by atoms with Gasteiger partial charge in [-0.15, -0.1) is 0 Å². The fraction of sp³-hybridized carbons (Fsp3) is 0.429. The number of hydrogen-bond donors (Lipinski definition) is 1. The van der Waals surface area contributed by atoms with Gasteiger partial charge in [0.25, 0.3) is 0 Å². The third kappa shape index (κ3) is 3.25. The summed E-state index contributed by atoms with van der Waals surface area (Å²) in [5, 5.41) is 15.7. The van der Waals surface area contributed by atoms with Crippen molar-refractivity contribution in [2.45, 2.75) is 52.7 Å². The van der Waals surface area contributed by atoms with E-state index in [0.717, 1.165) is 52.7 Å². The Morgan fingerprint density at radius 1 is 1.26 bits per heavy atom. The lowest BCUT2D eigenvalue weighted by Gasteiger charge is -2.14. The van der Waals surface area contributed by atoms with Crippen LogP contribution in [0.2, 0.25) is 0 Å². The van der Waals surface area contributed by atoms with Gasteiger partial charge in [0.05, 0.1) is 12.2 Å². The van der Waals surface area contributed by atoms with Gasteiger partial charge in [0.15, 0.2) is 0 Å². The summed E-state index contributed by atoms with van der Waals surface area (Å²) in [6.45, 7) is 6.49. The van der Waals surface area contributed by atoms with Crippen molar-refractivity contribution >= 4 is 11.0 Å². The Hall–Kier alpha value is -2.60. The number of fused-ring (bicyclic) bond motifs is 3. The summed E-state index contributed by atoms with van der Waals surface area (Å²) in [5.74, 6) is 0.576. The van der Waals surface area contributed by atoms with Crippen LogP contribution in [0.1, 0.15) is 34.5 Å². The molecule has 4 rings (SSSR count). The number of hydrogen-bond acceptors (Lipinski definition) is 5. The summed E-state index contributed by atoms with van der Waals surface area (Å²) in [6, 6.07) is 5.53. The van der Waals surface area contributed by atoms with Gasteiger partial charge in [0.2, 0.25) is 0 Å². The summed E-state index contributed by atoms with van der Waals surface area (Å²) >= 11 is 0. The van der Waals surface area contributed by atoms with Crippen LogP contribution < -0.4 is 10.4 Å². The minimum Gasteiger partial charge on any atom is -0.491 e. The Kier molecular flexibility index (Phi) is 4.52. The quantitative estimate of drug-likeness (QED) is 0.701. The van der Waals surface area contributed by atoms with Gasteiger partial charge >= 0.3 is 5.63 Å². The van der Waals surface area contributed by atoms with Gasteiger partial charge in [-0.1, -0.05) is 0 Å². The molecule has 0 aliphatic heterocycles. The molecule has 0 amide bonds. The van der Waals surface area contributed by atoms with Gasteiger partial charge in [0, 0.05) is 22.7 Å². The predicted molar refractivity (Wildman–Crippen MR) is 102 cm³/mol. The smallest absolute Gasteiger partial charge is 0.339 e. The third-order valence-electron chi connectivity index (χ3n) is 5.51. The molecule has 1 aliphatic carbocycles. The van der Waals surface area contributed by atoms with E-state index in [1.54, 1.807) is 10.7 Å². The number of nitrogens with zero attached hydrogens (tertiary/aromatic N) is 2. The SMILES string of the molecule is Cc1nn(C[C@@H](O)COc2ccc3c4c(c(=O)oc3c2)CCC4)c(C)c1C. The molecule has 1 atom stereocenters. The van der Waals surface area contributed by atoms with Crippen molar-refractivity contribution in [1.29, 1.82) is 0 Å². The van der Waals surface area contributed by atoms with Gasteiger partial charge in [0.1, 0.15) is 24.0 Å². The molecule has 0 radical (unpaired) electrons. The van der Waals surface area contributed by atoms with Crippen molar-refractivity contribution in [1.82, 2.24) is 9.78 Å². The van der Waals surface area contributed by atoms with E-state index in [9.17, 15) is 9.90 Å². The molecular formula is C21H24N2O4. The van der Waals surface area contributed by atoms with Gasteiger partial charge in [-0.25, -0.2) is 4.79 Å².